The lowest BCUT2D eigenvalue weighted by Crippen LogP contribution is -2.40. The summed E-state index contributed by atoms with van der Waals surface area (Å²) < 4.78 is 33.9. The second kappa shape index (κ2) is 5.96. The van der Waals surface area contributed by atoms with Crippen molar-refractivity contribution in [3.05, 3.63) is 24.2 Å². The number of sulfonamides is 1. The zero-order chi connectivity index (χ0) is 16.7. The Kier molecular flexibility index (Phi) is 3.92. The fraction of sp³-hybridized carbons (Fsp3) is 0.667. The van der Waals surface area contributed by atoms with Crippen LogP contribution < -0.4 is 0 Å². The number of piperidine rings is 1. The summed E-state index contributed by atoms with van der Waals surface area (Å²) in [6, 6.07) is 0. The predicted molar refractivity (Wildman–Crippen MR) is 84.7 cm³/mol. The van der Waals surface area contributed by atoms with Crippen molar-refractivity contribution in [3.8, 4) is 0 Å². The monoisotopic (exact) mass is 351 g/mol. The molecule has 130 valence electrons. The van der Waals surface area contributed by atoms with E-state index in [0.29, 0.717) is 31.3 Å². The molecule has 1 saturated carbocycles. The van der Waals surface area contributed by atoms with Gasteiger partial charge < -0.3 is 9.09 Å². The normalized spacial score (nSPS) is 22.8. The van der Waals surface area contributed by atoms with E-state index in [1.54, 1.807) is 17.8 Å². The Labute approximate surface area is 140 Å². The molecule has 2 aromatic rings. The topological polar surface area (TPSA) is 94.1 Å². The lowest BCUT2D eigenvalue weighted by atomic mass is 9.96. The molecule has 8 nitrogen and oxygen atoms in total. The number of hydrogen-bond donors (Lipinski definition) is 0. The van der Waals surface area contributed by atoms with Gasteiger partial charge in [-0.15, -0.1) is 0 Å². The van der Waals surface area contributed by atoms with Gasteiger partial charge in [-0.2, -0.15) is 9.29 Å². The highest BCUT2D eigenvalue weighted by Gasteiger charge is 2.33. The number of hydrogen-bond acceptors (Lipinski definition) is 6. The van der Waals surface area contributed by atoms with Gasteiger partial charge in [0, 0.05) is 38.7 Å². The lowest BCUT2D eigenvalue weighted by molar-refractivity contribution is 0.246. The van der Waals surface area contributed by atoms with Gasteiger partial charge in [-0.25, -0.2) is 13.4 Å². The SMILES string of the molecule is Cn1cnc(S(=O)(=O)N2CCCC(Cc3nc(C4CC4)no3)C2)c1. The van der Waals surface area contributed by atoms with Gasteiger partial charge in [0.15, 0.2) is 10.9 Å². The Morgan fingerprint density at radius 2 is 2.17 bits per heavy atom. The van der Waals surface area contributed by atoms with Crippen LogP contribution in [-0.2, 0) is 23.5 Å². The van der Waals surface area contributed by atoms with Gasteiger partial charge in [0.25, 0.3) is 10.0 Å². The highest BCUT2D eigenvalue weighted by atomic mass is 32.2. The van der Waals surface area contributed by atoms with Crippen LogP contribution in [0.3, 0.4) is 0 Å². The van der Waals surface area contributed by atoms with Crippen LogP contribution in [0.2, 0.25) is 0 Å². The summed E-state index contributed by atoms with van der Waals surface area (Å²) >= 11 is 0. The first-order valence-electron chi connectivity index (χ1n) is 8.33. The fourth-order valence-corrected chi connectivity index (χ4v) is 4.69. The van der Waals surface area contributed by atoms with Gasteiger partial charge in [0.05, 0.1) is 6.33 Å². The highest BCUT2D eigenvalue weighted by molar-refractivity contribution is 7.89. The van der Waals surface area contributed by atoms with Crippen molar-refractivity contribution < 1.29 is 12.9 Å². The van der Waals surface area contributed by atoms with E-state index in [-0.39, 0.29) is 10.9 Å². The van der Waals surface area contributed by atoms with Crippen molar-refractivity contribution in [2.45, 2.75) is 43.0 Å². The molecular weight excluding hydrogens is 330 g/mol. The van der Waals surface area contributed by atoms with E-state index in [0.717, 1.165) is 31.5 Å². The molecule has 24 heavy (non-hydrogen) atoms. The largest absolute Gasteiger partial charge is 0.339 e. The molecule has 2 aliphatic rings. The van der Waals surface area contributed by atoms with E-state index >= 15 is 0 Å². The molecule has 1 aliphatic heterocycles. The van der Waals surface area contributed by atoms with Crippen molar-refractivity contribution in [3.63, 3.8) is 0 Å². The number of imidazole rings is 1. The Morgan fingerprint density at radius 3 is 2.88 bits per heavy atom. The zero-order valence-corrected chi connectivity index (χ0v) is 14.4. The van der Waals surface area contributed by atoms with Crippen LogP contribution in [0.15, 0.2) is 22.1 Å². The number of nitrogens with zero attached hydrogens (tertiary/aromatic N) is 5. The summed E-state index contributed by atoms with van der Waals surface area (Å²) in [5.74, 6) is 2.09. The molecule has 1 atom stereocenters. The quantitative estimate of drug-likeness (QED) is 0.806. The molecule has 0 aromatic carbocycles. The molecule has 0 spiro atoms. The lowest BCUT2D eigenvalue weighted by Gasteiger charge is -2.30. The Morgan fingerprint density at radius 1 is 1.33 bits per heavy atom. The van der Waals surface area contributed by atoms with Crippen LogP contribution >= 0.6 is 0 Å². The van der Waals surface area contributed by atoms with Crippen molar-refractivity contribution in [2.24, 2.45) is 13.0 Å². The summed E-state index contributed by atoms with van der Waals surface area (Å²) in [5.41, 5.74) is 0. The maximum absolute atomic E-state index is 12.7. The van der Waals surface area contributed by atoms with Gasteiger partial charge in [-0.05, 0) is 31.6 Å². The summed E-state index contributed by atoms with van der Waals surface area (Å²) in [5, 5.41) is 4.14. The fourth-order valence-electron chi connectivity index (χ4n) is 3.17. The summed E-state index contributed by atoms with van der Waals surface area (Å²) in [4.78, 5) is 8.45. The minimum absolute atomic E-state index is 0.111. The molecule has 1 saturated heterocycles. The third kappa shape index (κ3) is 3.10. The van der Waals surface area contributed by atoms with Crippen LogP contribution in [-0.4, -0.2) is 45.5 Å². The summed E-state index contributed by atoms with van der Waals surface area (Å²) in [7, 11) is -1.77. The second-order valence-electron chi connectivity index (χ2n) is 6.77. The first-order valence-corrected chi connectivity index (χ1v) is 9.77. The van der Waals surface area contributed by atoms with Gasteiger partial charge in [-0.1, -0.05) is 5.16 Å². The summed E-state index contributed by atoms with van der Waals surface area (Å²) in [6.07, 6.45) is 7.76. The van der Waals surface area contributed by atoms with E-state index in [1.165, 1.54) is 10.6 Å². The van der Waals surface area contributed by atoms with E-state index in [2.05, 4.69) is 15.1 Å². The molecule has 1 aliphatic carbocycles. The van der Waals surface area contributed by atoms with Crippen molar-refractivity contribution >= 4 is 10.0 Å². The van der Waals surface area contributed by atoms with Gasteiger partial charge in [0.2, 0.25) is 5.89 Å². The average Bonchev–Trinajstić information content (AvgIpc) is 3.15. The number of aryl methyl sites for hydroxylation is 1. The molecule has 2 aromatic heterocycles. The maximum atomic E-state index is 12.7. The van der Waals surface area contributed by atoms with Crippen LogP contribution in [0, 0.1) is 5.92 Å². The second-order valence-corrected chi connectivity index (χ2v) is 8.66. The number of aromatic nitrogens is 4. The highest BCUT2D eigenvalue weighted by Crippen LogP contribution is 2.38. The minimum atomic E-state index is -3.53. The van der Waals surface area contributed by atoms with Crippen molar-refractivity contribution in [1.29, 1.82) is 0 Å². The molecule has 4 rings (SSSR count). The van der Waals surface area contributed by atoms with Gasteiger partial charge >= 0.3 is 0 Å². The standard InChI is InChI=1S/C15H21N5O3S/c1-19-9-14(16-10-19)24(21,22)20-6-2-3-11(8-20)7-13-17-15(18-23-13)12-4-5-12/h9-12H,2-8H2,1H3. The summed E-state index contributed by atoms with van der Waals surface area (Å²) in [6.45, 7) is 1.01. The van der Waals surface area contributed by atoms with Crippen molar-refractivity contribution in [2.75, 3.05) is 13.1 Å². The smallest absolute Gasteiger partial charge is 0.262 e. The Balaban J connectivity index is 1.44. The first kappa shape index (κ1) is 15.8. The molecule has 9 heteroatoms. The van der Waals surface area contributed by atoms with Gasteiger partial charge in [0.1, 0.15) is 0 Å². The third-order valence-electron chi connectivity index (χ3n) is 4.66. The molecule has 0 amide bonds. The van der Waals surface area contributed by atoms with Gasteiger partial charge in [-0.3, -0.25) is 0 Å². The number of rotatable bonds is 5. The molecular formula is C15H21N5O3S. The van der Waals surface area contributed by atoms with Crippen molar-refractivity contribution in [1.82, 2.24) is 24.0 Å². The maximum Gasteiger partial charge on any atom is 0.262 e. The first-order chi connectivity index (χ1) is 11.5. The molecule has 0 N–H and O–H groups in total. The molecule has 0 radical (unpaired) electrons. The average molecular weight is 351 g/mol. The van der Waals surface area contributed by atoms with Crippen LogP contribution in [0.5, 0.6) is 0 Å². The van der Waals surface area contributed by atoms with Crippen LogP contribution in [0.25, 0.3) is 0 Å². The van der Waals surface area contributed by atoms with E-state index in [9.17, 15) is 8.42 Å². The van der Waals surface area contributed by atoms with Crippen LogP contribution in [0.1, 0.15) is 43.3 Å². The molecule has 2 fully saturated rings. The Hall–Kier alpha value is -1.74. The predicted octanol–water partition coefficient (Wildman–Crippen LogP) is 1.32. The minimum Gasteiger partial charge on any atom is -0.339 e. The third-order valence-corrected chi connectivity index (χ3v) is 6.41. The van der Waals surface area contributed by atoms with E-state index < -0.39 is 10.0 Å². The van der Waals surface area contributed by atoms with E-state index in [1.807, 2.05) is 0 Å². The van der Waals surface area contributed by atoms with E-state index in [4.69, 9.17) is 4.52 Å². The molecule has 1 unspecified atom stereocenters. The Bertz CT molecular complexity index is 824. The van der Waals surface area contributed by atoms with Crippen LogP contribution in [0.4, 0.5) is 0 Å². The zero-order valence-electron chi connectivity index (χ0n) is 13.6. The molecule has 3 heterocycles. The molecule has 0 bridgehead atoms.